The van der Waals surface area contributed by atoms with E-state index < -0.39 is 0 Å². The molecular formula is C12H14N2. The zero-order valence-electron chi connectivity index (χ0n) is 8.57. The largest absolute Gasteiger partial charge is 0.244 e. The second-order valence-electron chi connectivity index (χ2n) is 3.65. The van der Waals surface area contributed by atoms with Crippen molar-refractivity contribution in [3.05, 3.63) is 36.3 Å². The molecule has 0 spiro atoms. The number of hydrogen-bond donors (Lipinski definition) is 0. The van der Waals surface area contributed by atoms with Crippen LogP contribution in [0.25, 0.3) is 10.9 Å². The molecule has 0 aliphatic rings. The summed E-state index contributed by atoms with van der Waals surface area (Å²) in [4.78, 5) is 8.22. The summed E-state index contributed by atoms with van der Waals surface area (Å²) in [5.74, 6) is 0.611. The van der Waals surface area contributed by atoms with Gasteiger partial charge in [-0.05, 0) is 30.0 Å². The molecule has 1 atom stereocenters. The summed E-state index contributed by atoms with van der Waals surface area (Å²) < 4.78 is 0. The molecule has 0 fully saturated rings. The third-order valence-corrected chi connectivity index (χ3v) is 2.71. The highest BCUT2D eigenvalue weighted by molar-refractivity contribution is 5.78. The van der Waals surface area contributed by atoms with Crippen molar-refractivity contribution < 1.29 is 0 Å². The number of rotatable bonds is 2. The molecule has 0 saturated heterocycles. The van der Waals surface area contributed by atoms with Crippen LogP contribution in [0.2, 0.25) is 0 Å². The predicted molar refractivity (Wildman–Crippen MR) is 58.2 cm³/mol. The Morgan fingerprint density at radius 2 is 2.21 bits per heavy atom. The van der Waals surface area contributed by atoms with E-state index in [2.05, 4.69) is 42.0 Å². The van der Waals surface area contributed by atoms with Crippen LogP contribution in [0.1, 0.15) is 31.7 Å². The predicted octanol–water partition coefficient (Wildman–Crippen LogP) is 3.14. The number of benzene rings is 1. The Hall–Kier alpha value is -1.44. The van der Waals surface area contributed by atoms with Gasteiger partial charge >= 0.3 is 0 Å². The zero-order valence-corrected chi connectivity index (χ0v) is 8.57. The normalized spacial score (nSPS) is 13.0. The lowest BCUT2D eigenvalue weighted by atomic mass is 9.97. The van der Waals surface area contributed by atoms with E-state index in [1.165, 1.54) is 12.0 Å². The van der Waals surface area contributed by atoms with Crippen LogP contribution in [0.5, 0.6) is 0 Å². The first-order chi connectivity index (χ1) is 6.81. The van der Waals surface area contributed by atoms with Crippen LogP contribution in [0.4, 0.5) is 0 Å². The molecular weight excluding hydrogens is 172 g/mol. The number of aromatic nitrogens is 2. The summed E-state index contributed by atoms with van der Waals surface area (Å²) in [6.45, 7) is 4.45. The van der Waals surface area contributed by atoms with Gasteiger partial charge in [-0.15, -0.1) is 0 Å². The van der Waals surface area contributed by atoms with Crippen molar-refractivity contribution in [1.29, 1.82) is 0 Å². The van der Waals surface area contributed by atoms with E-state index in [-0.39, 0.29) is 0 Å². The van der Waals surface area contributed by atoms with E-state index in [1.54, 1.807) is 6.33 Å². The summed E-state index contributed by atoms with van der Waals surface area (Å²) in [6, 6.07) is 6.41. The first kappa shape index (κ1) is 9.13. The third-order valence-electron chi connectivity index (χ3n) is 2.71. The minimum Gasteiger partial charge on any atom is -0.244 e. The maximum Gasteiger partial charge on any atom is 0.116 e. The highest BCUT2D eigenvalue weighted by Crippen LogP contribution is 2.21. The molecule has 0 radical (unpaired) electrons. The van der Waals surface area contributed by atoms with E-state index in [1.807, 2.05) is 6.20 Å². The van der Waals surface area contributed by atoms with Crippen molar-refractivity contribution in [2.75, 3.05) is 0 Å². The van der Waals surface area contributed by atoms with E-state index in [0.717, 1.165) is 10.9 Å². The molecule has 72 valence electrons. The quantitative estimate of drug-likeness (QED) is 0.720. The molecule has 2 heteroatoms. The maximum atomic E-state index is 4.20. The smallest absolute Gasteiger partial charge is 0.116 e. The van der Waals surface area contributed by atoms with Crippen molar-refractivity contribution in [2.45, 2.75) is 26.2 Å². The lowest BCUT2D eigenvalue weighted by molar-refractivity contribution is 0.734. The van der Waals surface area contributed by atoms with Crippen molar-refractivity contribution in [2.24, 2.45) is 0 Å². The van der Waals surface area contributed by atoms with Gasteiger partial charge in [0.1, 0.15) is 6.33 Å². The van der Waals surface area contributed by atoms with Gasteiger partial charge in [0.05, 0.1) is 5.52 Å². The van der Waals surface area contributed by atoms with Crippen LogP contribution < -0.4 is 0 Å². The van der Waals surface area contributed by atoms with Gasteiger partial charge in [0.15, 0.2) is 0 Å². The number of nitrogens with zero attached hydrogens (tertiary/aromatic N) is 2. The molecule has 1 aromatic carbocycles. The molecule has 2 aromatic rings. The van der Waals surface area contributed by atoms with Gasteiger partial charge in [-0.2, -0.15) is 0 Å². The highest BCUT2D eigenvalue weighted by atomic mass is 14.8. The Balaban J connectivity index is 2.51. The molecule has 0 N–H and O–H groups in total. The van der Waals surface area contributed by atoms with E-state index in [4.69, 9.17) is 0 Å². The fourth-order valence-electron chi connectivity index (χ4n) is 1.55. The third kappa shape index (κ3) is 1.60. The first-order valence-electron chi connectivity index (χ1n) is 5.01. The lowest BCUT2D eigenvalue weighted by Gasteiger charge is -2.08. The summed E-state index contributed by atoms with van der Waals surface area (Å²) in [5.41, 5.74) is 2.39. The van der Waals surface area contributed by atoms with Gasteiger partial charge in [-0.25, -0.2) is 9.97 Å². The fourth-order valence-corrected chi connectivity index (χ4v) is 1.55. The standard InChI is InChI=1S/C12H14N2/c1-3-9(2)10-4-5-12-11(6-10)7-13-8-14-12/h4-9H,3H2,1-2H3. The Morgan fingerprint density at radius 3 is 3.00 bits per heavy atom. The van der Waals surface area contributed by atoms with Gasteiger partial charge in [-0.1, -0.05) is 19.9 Å². The van der Waals surface area contributed by atoms with E-state index in [9.17, 15) is 0 Å². The summed E-state index contributed by atoms with van der Waals surface area (Å²) >= 11 is 0. The van der Waals surface area contributed by atoms with Crippen molar-refractivity contribution >= 4 is 10.9 Å². The Bertz CT molecular complexity index is 437. The minimum absolute atomic E-state index is 0.611. The average Bonchev–Trinajstić information content (AvgIpc) is 2.27. The molecule has 2 rings (SSSR count). The van der Waals surface area contributed by atoms with Crippen molar-refractivity contribution in [1.82, 2.24) is 9.97 Å². The molecule has 1 aromatic heterocycles. The second-order valence-corrected chi connectivity index (χ2v) is 3.65. The number of fused-ring (bicyclic) bond motifs is 1. The Kier molecular flexibility index (Phi) is 2.44. The molecule has 0 bridgehead atoms. The second kappa shape index (κ2) is 3.74. The maximum absolute atomic E-state index is 4.20. The Morgan fingerprint density at radius 1 is 1.36 bits per heavy atom. The summed E-state index contributed by atoms with van der Waals surface area (Å²) in [5, 5.41) is 1.13. The summed E-state index contributed by atoms with van der Waals surface area (Å²) in [7, 11) is 0. The molecule has 1 unspecified atom stereocenters. The van der Waals surface area contributed by atoms with Crippen LogP contribution in [0, 0.1) is 0 Å². The lowest BCUT2D eigenvalue weighted by Crippen LogP contribution is -1.91. The van der Waals surface area contributed by atoms with Crippen molar-refractivity contribution in [3.8, 4) is 0 Å². The van der Waals surface area contributed by atoms with Crippen LogP contribution >= 0.6 is 0 Å². The fraction of sp³-hybridized carbons (Fsp3) is 0.333. The molecule has 0 amide bonds. The van der Waals surface area contributed by atoms with Crippen LogP contribution in [-0.4, -0.2) is 9.97 Å². The Labute approximate surface area is 84.0 Å². The highest BCUT2D eigenvalue weighted by Gasteiger charge is 2.03. The molecule has 14 heavy (non-hydrogen) atoms. The van der Waals surface area contributed by atoms with Crippen molar-refractivity contribution in [3.63, 3.8) is 0 Å². The van der Waals surface area contributed by atoms with Crippen LogP contribution in [0.15, 0.2) is 30.7 Å². The monoisotopic (exact) mass is 186 g/mol. The van der Waals surface area contributed by atoms with Gasteiger partial charge < -0.3 is 0 Å². The average molecular weight is 186 g/mol. The first-order valence-corrected chi connectivity index (χ1v) is 5.01. The van der Waals surface area contributed by atoms with Gasteiger partial charge in [0.2, 0.25) is 0 Å². The van der Waals surface area contributed by atoms with E-state index in [0.29, 0.717) is 5.92 Å². The van der Waals surface area contributed by atoms with E-state index >= 15 is 0 Å². The van der Waals surface area contributed by atoms with Gasteiger partial charge in [-0.3, -0.25) is 0 Å². The molecule has 0 aliphatic heterocycles. The zero-order chi connectivity index (χ0) is 9.97. The molecule has 0 saturated carbocycles. The topological polar surface area (TPSA) is 25.8 Å². The molecule has 2 nitrogen and oxygen atoms in total. The SMILES string of the molecule is CCC(C)c1ccc2ncncc2c1. The van der Waals surface area contributed by atoms with Gasteiger partial charge in [0, 0.05) is 11.6 Å². The summed E-state index contributed by atoms with van der Waals surface area (Å²) in [6.07, 6.45) is 4.62. The molecule has 0 aliphatic carbocycles. The van der Waals surface area contributed by atoms with Crippen LogP contribution in [-0.2, 0) is 0 Å². The van der Waals surface area contributed by atoms with Crippen LogP contribution in [0.3, 0.4) is 0 Å². The molecule has 1 heterocycles. The minimum atomic E-state index is 0.611. The number of hydrogen-bond acceptors (Lipinski definition) is 2. The van der Waals surface area contributed by atoms with Gasteiger partial charge in [0.25, 0.3) is 0 Å².